The molecule has 0 aliphatic heterocycles. The van der Waals surface area contributed by atoms with Gasteiger partial charge in [-0.3, -0.25) is 0 Å². The number of nitrogens with two attached hydrogens (primary N) is 1. The van der Waals surface area contributed by atoms with Gasteiger partial charge in [-0.1, -0.05) is 35.8 Å². The van der Waals surface area contributed by atoms with Crippen molar-refractivity contribution in [3.05, 3.63) is 35.0 Å². The molecule has 0 saturated heterocycles. The molecule has 0 radical (unpaired) electrons. The molecule has 2 N–H and O–H groups in total. The van der Waals surface area contributed by atoms with Crippen LogP contribution >= 0.6 is 11.6 Å². The number of anilines is 1. The van der Waals surface area contributed by atoms with E-state index in [2.05, 4.69) is 12.1 Å². The Morgan fingerprint density at radius 3 is 2.89 bits per heavy atom. The average Bonchev–Trinajstić information content (AvgIpc) is 3.12. The number of benzene rings is 1. The first-order valence-electron chi connectivity index (χ1n) is 6.18. The number of halogens is 1. The van der Waals surface area contributed by atoms with Crippen LogP contribution in [-0.2, 0) is 0 Å². The Morgan fingerprint density at radius 2 is 2.22 bits per heavy atom. The Labute approximate surface area is 111 Å². The number of rotatable bonds is 3. The topological polar surface area (TPSA) is 52.0 Å². The first-order valence-corrected chi connectivity index (χ1v) is 6.55. The van der Waals surface area contributed by atoms with Gasteiger partial charge in [0.2, 0.25) is 5.88 Å². The Balaban J connectivity index is 2.07. The van der Waals surface area contributed by atoms with Crippen molar-refractivity contribution < 1.29 is 4.52 Å². The highest BCUT2D eigenvalue weighted by atomic mass is 35.5. The molecular formula is C14H15ClN2O. The molecule has 1 aromatic carbocycles. The van der Waals surface area contributed by atoms with Gasteiger partial charge in [0.05, 0.1) is 11.3 Å². The molecule has 1 aromatic heterocycles. The lowest BCUT2D eigenvalue weighted by Crippen LogP contribution is -1.99. The standard InChI is InChI=1S/C14H15ClN2O/c1-8(9-5-6-9)13-12(14(16)18-17-13)10-3-2-4-11(15)7-10/h2-4,7-9H,5-6,16H2,1H3. The van der Waals surface area contributed by atoms with Gasteiger partial charge in [0.1, 0.15) is 0 Å². The van der Waals surface area contributed by atoms with E-state index in [4.69, 9.17) is 21.9 Å². The lowest BCUT2D eigenvalue weighted by atomic mass is 9.95. The summed E-state index contributed by atoms with van der Waals surface area (Å²) in [5.74, 6) is 1.48. The lowest BCUT2D eigenvalue weighted by Gasteiger charge is -2.09. The zero-order valence-corrected chi connectivity index (χ0v) is 10.9. The summed E-state index contributed by atoms with van der Waals surface area (Å²) >= 11 is 6.03. The highest BCUT2D eigenvalue weighted by Crippen LogP contribution is 2.45. The summed E-state index contributed by atoms with van der Waals surface area (Å²) in [6.07, 6.45) is 2.53. The van der Waals surface area contributed by atoms with E-state index in [1.807, 2.05) is 24.3 Å². The minimum atomic E-state index is 0.375. The van der Waals surface area contributed by atoms with Gasteiger partial charge in [-0.2, -0.15) is 0 Å². The van der Waals surface area contributed by atoms with Gasteiger partial charge in [0.15, 0.2) is 0 Å². The molecule has 18 heavy (non-hydrogen) atoms. The van der Waals surface area contributed by atoms with Crippen LogP contribution in [0.2, 0.25) is 5.02 Å². The second-order valence-corrected chi connectivity index (χ2v) is 5.38. The van der Waals surface area contributed by atoms with Crippen LogP contribution in [0.5, 0.6) is 0 Å². The summed E-state index contributed by atoms with van der Waals surface area (Å²) in [5, 5.41) is 4.83. The molecule has 1 fully saturated rings. The van der Waals surface area contributed by atoms with Crippen LogP contribution < -0.4 is 5.73 Å². The summed E-state index contributed by atoms with van der Waals surface area (Å²) in [7, 11) is 0. The van der Waals surface area contributed by atoms with Crippen molar-refractivity contribution >= 4 is 17.5 Å². The molecule has 0 amide bonds. The Morgan fingerprint density at radius 1 is 1.44 bits per heavy atom. The minimum absolute atomic E-state index is 0.375. The van der Waals surface area contributed by atoms with E-state index >= 15 is 0 Å². The maximum Gasteiger partial charge on any atom is 0.230 e. The smallest absolute Gasteiger partial charge is 0.230 e. The number of aromatic nitrogens is 1. The predicted molar refractivity (Wildman–Crippen MR) is 72.5 cm³/mol. The van der Waals surface area contributed by atoms with Gasteiger partial charge in [0.25, 0.3) is 0 Å². The van der Waals surface area contributed by atoms with Crippen molar-refractivity contribution in [1.29, 1.82) is 0 Å². The lowest BCUT2D eigenvalue weighted by molar-refractivity contribution is 0.417. The third kappa shape index (κ3) is 1.99. The van der Waals surface area contributed by atoms with Crippen molar-refractivity contribution in [2.45, 2.75) is 25.7 Å². The number of nitrogen functional groups attached to an aromatic ring is 1. The maximum atomic E-state index is 6.03. The third-order valence-electron chi connectivity index (χ3n) is 3.62. The number of hydrogen-bond acceptors (Lipinski definition) is 3. The molecule has 1 aliphatic rings. The minimum Gasteiger partial charge on any atom is -0.367 e. The molecule has 3 rings (SSSR count). The summed E-state index contributed by atoms with van der Waals surface area (Å²) < 4.78 is 5.17. The van der Waals surface area contributed by atoms with Crippen LogP contribution in [0.1, 0.15) is 31.4 Å². The van der Waals surface area contributed by atoms with Crippen molar-refractivity contribution in [1.82, 2.24) is 5.16 Å². The van der Waals surface area contributed by atoms with Crippen molar-refractivity contribution in [2.75, 3.05) is 5.73 Å². The molecule has 1 saturated carbocycles. The fraction of sp³-hybridized carbons (Fsp3) is 0.357. The predicted octanol–water partition coefficient (Wildman–Crippen LogP) is 4.09. The highest BCUT2D eigenvalue weighted by molar-refractivity contribution is 6.30. The molecule has 1 unspecified atom stereocenters. The quantitative estimate of drug-likeness (QED) is 0.906. The summed E-state index contributed by atoms with van der Waals surface area (Å²) in [4.78, 5) is 0. The van der Waals surface area contributed by atoms with Gasteiger partial charge < -0.3 is 10.3 Å². The van der Waals surface area contributed by atoms with E-state index in [0.29, 0.717) is 22.7 Å². The van der Waals surface area contributed by atoms with E-state index in [0.717, 1.165) is 16.8 Å². The zero-order chi connectivity index (χ0) is 12.7. The second kappa shape index (κ2) is 4.32. The van der Waals surface area contributed by atoms with E-state index < -0.39 is 0 Å². The summed E-state index contributed by atoms with van der Waals surface area (Å²) in [5.41, 5.74) is 8.74. The van der Waals surface area contributed by atoms with Crippen molar-refractivity contribution in [3.63, 3.8) is 0 Å². The first kappa shape index (κ1) is 11.6. The molecule has 0 spiro atoms. The van der Waals surface area contributed by atoms with Crippen LogP contribution in [-0.4, -0.2) is 5.16 Å². The normalized spacial score (nSPS) is 16.8. The average molecular weight is 263 g/mol. The third-order valence-corrected chi connectivity index (χ3v) is 3.85. The molecule has 3 nitrogen and oxygen atoms in total. The maximum absolute atomic E-state index is 6.03. The number of hydrogen-bond donors (Lipinski definition) is 1. The van der Waals surface area contributed by atoms with E-state index in [9.17, 15) is 0 Å². The largest absolute Gasteiger partial charge is 0.367 e. The summed E-state index contributed by atoms with van der Waals surface area (Å²) in [6.45, 7) is 2.18. The van der Waals surface area contributed by atoms with Gasteiger partial charge in [-0.25, -0.2) is 0 Å². The Kier molecular flexibility index (Phi) is 2.78. The van der Waals surface area contributed by atoms with Crippen LogP contribution in [0.4, 0.5) is 5.88 Å². The molecular weight excluding hydrogens is 248 g/mol. The van der Waals surface area contributed by atoms with Gasteiger partial charge in [-0.05, 0) is 36.5 Å². The van der Waals surface area contributed by atoms with Crippen LogP contribution in [0.15, 0.2) is 28.8 Å². The summed E-state index contributed by atoms with van der Waals surface area (Å²) in [6, 6.07) is 7.64. The van der Waals surface area contributed by atoms with E-state index in [1.165, 1.54) is 12.8 Å². The van der Waals surface area contributed by atoms with Gasteiger partial charge in [0, 0.05) is 10.9 Å². The first-order chi connectivity index (χ1) is 8.66. The van der Waals surface area contributed by atoms with Crippen molar-refractivity contribution in [2.24, 2.45) is 5.92 Å². The fourth-order valence-corrected chi connectivity index (χ4v) is 2.57. The van der Waals surface area contributed by atoms with Gasteiger partial charge in [-0.15, -0.1) is 0 Å². The molecule has 1 aliphatic carbocycles. The molecule has 1 atom stereocenters. The van der Waals surface area contributed by atoms with E-state index in [-0.39, 0.29) is 0 Å². The SMILES string of the molecule is CC(c1noc(N)c1-c1cccc(Cl)c1)C1CC1. The zero-order valence-electron chi connectivity index (χ0n) is 10.2. The monoisotopic (exact) mass is 262 g/mol. The Hall–Kier alpha value is -1.48. The molecule has 94 valence electrons. The molecule has 2 aromatic rings. The van der Waals surface area contributed by atoms with Crippen LogP contribution in [0.25, 0.3) is 11.1 Å². The van der Waals surface area contributed by atoms with Crippen LogP contribution in [0, 0.1) is 5.92 Å². The number of nitrogens with zero attached hydrogens (tertiary/aromatic N) is 1. The molecule has 0 bridgehead atoms. The fourth-order valence-electron chi connectivity index (χ4n) is 2.38. The highest BCUT2D eigenvalue weighted by Gasteiger charge is 2.33. The Bertz CT molecular complexity index is 575. The second-order valence-electron chi connectivity index (χ2n) is 4.94. The molecule has 4 heteroatoms. The van der Waals surface area contributed by atoms with E-state index in [1.54, 1.807) is 0 Å². The van der Waals surface area contributed by atoms with Crippen molar-refractivity contribution in [3.8, 4) is 11.1 Å². The van der Waals surface area contributed by atoms with Crippen LogP contribution in [0.3, 0.4) is 0 Å². The van der Waals surface area contributed by atoms with Gasteiger partial charge >= 0.3 is 0 Å². The molecule has 1 heterocycles.